The first-order valence-electron chi connectivity index (χ1n) is 7.75. The third-order valence-corrected chi connectivity index (χ3v) is 5.25. The van der Waals surface area contributed by atoms with Crippen LogP contribution in [0.25, 0.3) is 0 Å². The Bertz CT molecular complexity index is 849. The number of benzene rings is 3. The number of methoxy groups -OCH3 is 1. The molecule has 4 rings (SSSR count). The highest BCUT2D eigenvalue weighted by Crippen LogP contribution is 2.48. The number of hydrogen-bond donors (Lipinski definition) is 1. The third-order valence-electron chi connectivity index (χ3n) is 4.12. The van der Waals surface area contributed by atoms with Gasteiger partial charge in [0.25, 0.3) is 0 Å². The van der Waals surface area contributed by atoms with Crippen LogP contribution in [0.2, 0.25) is 0 Å². The number of rotatable bonds is 3. The first-order valence-corrected chi connectivity index (χ1v) is 8.57. The number of anilines is 2. The second-order valence-electron chi connectivity index (χ2n) is 5.63. The van der Waals surface area contributed by atoms with E-state index < -0.39 is 0 Å². The van der Waals surface area contributed by atoms with Crippen LogP contribution in [0, 0.1) is 0 Å². The van der Waals surface area contributed by atoms with E-state index in [9.17, 15) is 5.11 Å². The molecule has 0 amide bonds. The molecule has 3 nitrogen and oxygen atoms in total. The monoisotopic (exact) mass is 335 g/mol. The summed E-state index contributed by atoms with van der Waals surface area (Å²) in [5.41, 5.74) is 3.41. The van der Waals surface area contributed by atoms with Crippen molar-refractivity contribution in [3.63, 3.8) is 0 Å². The molecule has 24 heavy (non-hydrogen) atoms. The number of nitrogens with zero attached hydrogens (tertiary/aromatic N) is 1. The fraction of sp³-hybridized carbons (Fsp3) is 0.100. The minimum atomic E-state index is 0.169. The van der Waals surface area contributed by atoms with E-state index >= 15 is 0 Å². The first-order chi connectivity index (χ1) is 11.8. The van der Waals surface area contributed by atoms with Gasteiger partial charge < -0.3 is 14.7 Å². The minimum absolute atomic E-state index is 0.169. The van der Waals surface area contributed by atoms with Crippen molar-refractivity contribution < 1.29 is 9.84 Å². The Morgan fingerprint density at radius 3 is 2.12 bits per heavy atom. The summed E-state index contributed by atoms with van der Waals surface area (Å²) in [6.07, 6.45) is 0. The lowest BCUT2D eigenvalue weighted by Crippen LogP contribution is -2.20. The van der Waals surface area contributed by atoms with Gasteiger partial charge in [0.2, 0.25) is 0 Å². The Hall–Kier alpha value is -2.59. The van der Waals surface area contributed by atoms with Crippen molar-refractivity contribution in [3.05, 3.63) is 72.3 Å². The highest BCUT2D eigenvalue weighted by atomic mass is 32.2. The maximum Gasteiger partial charge on any atom is 0.160 e. The van der Waals surface area contributed by atoms with E-state index in [0.717, 1.165) is 5.56 Å². The number of phenols is 1. The largest absolute Gasteiger partial charge is 0.504 e. The molecule has 3 aromatic carbocycles. The molecule has 120 valence electrons. The second-order valence-corrected chi connectivity index (χ2v) is 6.71. The van der Waals surface area contributed by atoms with Gasteiger partial charge in [-0.05, 0) is 42.0 Å². The van der Waals surface area contributed by atoms with Crippen LogP contribution in [-0.2, 0) is 6.54 Å². The van der Waals surface area contributed by atoms with Crippen molar-refractivity contribution in [2.24, 2.45) is 0 Å². The summed E-state index contributed by atoms with van der Waals surface area (Å²) in [5.74, 6) is 0.664. The molecule has 3 aromatic rings. The quantitative estimate of drug-likeness (QED) is 0.713. The molecule has 1 aliphatic rings. The number of phenolic OH excluding ortho intramolecular Hbond substituents is 1. The summed E-state index contributed by atoms with van der Waals surface area (Å²) in [7, 11) is 1.56. The number of aromatic hydroxyl groups is 1. The summed E-state index contributed by atoms with van der Waals surface area (Å²) in [6.45, 7) is 0.687. The Kier molecular flexibility index (Phi) is 3.82. The standard InChI is InChI=1S/C20H17NO2S/c1-23-18-11-10-14(12-17(18)22)13-21-15-6-2-4-8-19(15)24-20-9-5-3-7-16(20)21/h2-12,22H,13H2,1H3. The number of fused-ring (bicyclic) bond motifs is 2. The van der Waals surface area contributed by atoms with E-state index in [0.29, 0.717) is 12.3 Å². The predicted octanol–water partition coefficient (Wildman–Crippen LogP) is 5.20. The molecule has 0 fully saturated rings. The Morgan fingerprint density at radius 1 is 0.917 bits per heavy atom. The summed E-state index contributed by atoms with van der Waals surface area (Å²) in [5, 5.41) is 10.1. The average molecular weight is 335 g/mol. The zero-order chi connectivity index (χ0) is 16.5. The molecule has 0 atom stereocenters. The van der Waals surface area contributed by atoms with Gasteiger partial charge in [0.05, 0.1) is 18.5 Å². The molecule has 1 heterocycles. The van der Waals surface area contributed by atoms with Crippen LogP contribution in [-0.4, -0.2) is 12.2 Å². The average Bonchev–Trinajstić information content (AvgIpc) is 2.62. The SMILES string of the molecule is COc1ccc(CN2c3ccccc3Sc3ccccc32)cc1O. The molecule has 0 aliphatic carbocycles. The molecular weight excluding hydrogens is 318 g/mol. The van der Waals surface area contributed by atoms with Crippen molar-refractivity contribution in [2.45, 2.75) is 16.3 Å². The number of hydrogen-bond acceptors (Lipinski definition) is 4. The van der Waals surface area contributed by atoms with Gasteiger partial charge in [-0.15, -0.1) is 0 Å². The maximum atomic E-state index is 10.1. The van der Waals surface area contributed by atoms with E-state index in [1.54, 1.807) is 31.0 Å². The molecule has 0 saturated heterocycles. The van der Waals surface area contributed by atoms with Gasteiger partial charge >= 0.3 is 0 Å². The molecule has 0 spiro atoms. The number of ether oxygens (including phenoxy) is 1. The van der Waals surface area contributed by atoms with Crippen LogP contribution >= 0.6 is 11.8 Å². The molecule has 0 aromatic heterocycles. The Morgan fingerprint density at radius 2 is 1.54 bits per heavy atom. The molecule has 0 radical (unpaired) electrons. The molecule has 0 bridgehead atoms. The van der Waals surface area contributed by atoms with Crippen molar-refractivity contribution >= 4 is 23.1 Å². The topological polar surface area (TPSA) is 32.7 Å². The fourth-order valence-corrected chi connectivity index (χ4v) is 4.06. The van der Waals surface area contributed by atoms with Gasteiger partial charge in [-0.3, -0.25) is 0 Å². The zero-order valence-corrected chi connectivity index (χ0v) is 14.1. The zero-order valence-electron chi connectivity index (χ0n) is 13.3. The molecule has 4 heteroatoms. The molecule has 0 unspecified atom stereocenters. The fourth-order valence-electron chi connectivity index (χ4n) is 2.97. The van der Waals surface area contributed by atoms with E-state index in [4.69, 9.17) is 4.74 Å². The summed E-state index contributed by atoms with van der Waals surface area (Å²) >= 11 is 1.79. The van der Waals surface area contributed by atoms with Crippen LogP contribution in [0.1, 0.15) is 5.56 Å². The van der Waals surface area contributed by atoms with Crippen LogP contribution in [0.4, 0.5) is 11.4 Å². The lowest BCUT2D eigenvalue weighted by molar-refractivity contribution is 0.373. The molecule has 0 saturated carbocycles. The van der Waals surface area contributed by atoms with Crippen molar-refractivity contribution in [1.29, 1.82) is 0 Å². The van der Waals surface area contributed by atoms with E-state index in [1.165, 1.54) is 21.2 Å². The van der Waals surface area contributed by atoms with E-state index in [-0.39, 0.29) is 5.75 Å². The summed E-state index contributed by atoms with van der Waals surface area (Å²) in [6, 6.07) is 22.4. The van der Waals surface area contributed by atoms with E-state index in [2.05, 4.69) is 53.4 Å². The van der Waals surface area contributed by atoms with E-state index in [1.807, 2.05) is 6.07 Å². The normalized spacial score (nSPS) is 12.5. The van der Waals surface area contributed by atoms with Crippen molar-refractivity contribution in [2.75, 3.05) is 12.0 Å². The minimum Gasteiger partial charge on any atom is -0.504 e. The Balaban J connectivity index is 1.76. The highest BCUT2D eigenvalue weighted by Gasteiger charge is 2.23. The summed E-state index contributed by atoms with van der Waals surface area (Å²) in [4.78, 5) is 4.78. The van der Waals surface area contributed by atoms with Crippen LogP contribution in [0.3, 0.4) is 0 Å². The van der Waals surface area contributed by atoms with Crippen molar-refractivity contribution in [1.82, 2.24) is 0 Å². The molecule has 1 N–H and O–H groups in total. The molecule has 1 aliphatic heterocycles. The van der Waals surface area contributed by atoms with Crippen molar-refractivity contribution in [3.8, 4) is 11.5 Å². The van der Waals surface area contributed by atoms with Gasteiger partial charge in [-0.2, -0.15) is 0 Å². The van der Waals surface area contributed by atoms with Crippen LogP contribution in [0.15, 0.2) is 76.5 Å². The first kappa shape index (κ1) is 15.0. The predicted molar refractivity (Wildman–Crippen MR) is 97.5 cm³/mol. The van der Waals surface area contributed by atoms with Crippen LogP contribution < -0.4 is 9.64 Å². The summed E-state index contributed by atoms with van der Waals surface area (Å²) < 4.78 is 5.14. The van der Waals surface area contributed by atoms with Gasteiger partial charge in [0.1, 0.15) is 0 Å². The van der Waals surface area contributed by atoms with Gasteiger partial charge in [0, 0.05) is 16.3 Å². The Labute approximate surface area is 145 Å². The van der Waals surface area contributed by atoms with Gasteiger partial charge in [-0.25, -0.2) is 0 Å². The molecular formula is C20H17NO2S. The number of para-hydroxylation sites is 2. The van der Waals surface area contributed by atoms with Gasteiger partial charge in [0.15, 0.2) is 11.5 Å². The second kappa shape index (κ2) is 6.13. The third kappa shape index (κ3) is 2.59. The smallest absolute Gasteiger partial charge is 0.160 e. The highest BCUT2D eigenvalue weighted by molar-refractivity contribution is 7.99. The van der Waals surface area contributed by atoms with Crippen LogP contribution in [0.5, 0.6) is 11.5 Å². The lowest BCUT2D eigenvalue weighted by Gasteiger charge is -2.32. The van der Waals surface area contributed by atoms with Gasteiger partial charge in [-0.1, -0.05) is 42.1 Å². The maximum absolute atomic E-state index is 10.1. The lowest BCUT2D eigenvalue weighted by atomic mass is 10.1.